The van der Waals surface area contributed by atoms with Crippen LogP contribution in [0.2, 0.25) is 0 Å². The zero-order chi connectivity index (χ0) is 18.6. The van der Waals surface area contributed by atoms with Gasteiger partial charge in [-0.15, -0.1) is 6.42 Å². The van der Waals surface area contributed by atoms with Gasteiger partial charge in [0.2, 0.25) is 5.95 Å². The maximum Gasteiger partial charge on any atom is 0.291 e. The first-order valence-electron chi connectivity index (χ1n) is 7.66. The summed E-state index contributed by atoms with van der Waals surface area (Å²) in [5, 5.41) is 6.49. The van der Waals surface area contributed by atoms with Crippen molar-refractivity contribution in [2.24, 2.45) is 0 Å². The molecule has 0 aliphatic rings. The van der Waals surface area contributed by atoms with Crippen molar-refractivity contribution in [2.45, 2.75) is 4.63 Å². The Morgan fingerprint density at radius 2 is 2.08 bits per heavy atom. The van der Waals surface area contributed by atoms with Crippen LogP contribution in [0.5, 0.6) is 0 Å². The van der Waals surface area contributed by atoms with Gasteiger partial charge in [0, 0.05) is 29.9 Å². The second-order valence-corrected chi connectivity index (χ2v) is 6.47. The van der Waals surface area contributed by atoms with E-state index >= 15 is 0 Å². The van der Waals surface area contributed by atoms with E-state index in [0.717, 1.165) is 10.9 Å². The Labute approximate surface area is 159 Å². The fourth-order valence-corrected chi connectivity index (χ4v) is 2.62. The quantitative estimate of drug-likeness (QED) is 0.292. The van der Waals surface area contributed by atoms with Crippen molar-refractivity contribution in [3.8, 4) is 12.3 Å². The summed E-state index contributed by atoms with van der Waals surface area (Å²) in [5.41, 5.74) is 2.03. The van der Waals surface area contributed by atoms with Crippen molar-refractivity contribution in [1.29, 1.82) is 0 Å². The molecule has 130 valence electrons. The van der Waals surface area contributed by atoms with Crippen LogP contribution in [0, 0.1) is 12.3 Å². The number of fused-ring (bicyclic) bond motifs is 1. The molecule has 0 aliphatic carbocycles. The fraction of sp³-hybridized carbons (Fsp3) is 0.105. The molecular formula is C19H15BrN4O2. The summed E-state index contributed by atoms with van der Waals surface area (Å²) in [6.07, 6.45) is 7.05. The van der Waals surface area contributed by atoms with E-state index in [0.29, 0.717) is 11.3 Å². The van der Waals surface area contributed by atoms with Crippen molar-refractivity contribution >= 4 is 44.4 Å². The molecule has 3 aromatic rings. The molecule has 7 heteroatoms. The number of halogens is 1. The summed E-state index contributed by atoms with van der Waals surface area (Å²) in [5.74, 6) is 2.20. The molecule has 0 saturated carbocycles. The van der Waals surface area contributed by atoms with E-state index in [-0.39, 0.29) is 5.95 Å². The number of para-hydroxylation sites is 1. The highest BCUT2D eigenvalue weighted by molar-refractivity contribution is 9.10. The summed E-state index contributed by atoms with van der Waals surface area (Å²) in [6, 6.07) is 14.6. The van der Waals surface area contributed by atoms with Crippen molar-refractivity contribution in [2.75, 3.05) is 17.7 Å². The molecule has 2 N–H and O–H groups in total. The highest BCUT2D eigenvalue weighted by Gasteiger charge is 2.36. The zero-order valence-corrected chi connectivity index (χ0v) is 15.4. The SMILES string of the molecule is C#Cc1cccc(NC(Br)(OC)C(=O)Nc2ncc3ccccc3n2)c1. The second-order valence-electron chi connectivity index (χ2n) is 5.36. The minimum atomic E-state index is -1.52. The highest BCUT2D eigenvalue weighted by Crippen LogP contribution is 2.25. The van der Waals surface area contributed by atoms with Crippen LogP contribution >= 0.6 is 15.9 Å². The average Bonchev–Trinajstić information content (AvgIpc) is 2.67. The first-order valence-corrected chi connectivity index (χ1v) is 8.45. The highest BCUT2D eigenvalue weighted by atomic mass is 79.9. The van der Waals surface area contributed by atoms with Crippen LogP contribution in [0.25, 0.3) is 10.9 Å². The molecule has 26 heavy (non-hydrogen) atoms. The lowest BCUT2D eigenvalue weighted by Crippen LogP contribution is -2.46. The maximum atomic E-state index is 12.7. The second kappa shape index (κ2) is 7.52. The largest absolute Gasteiger partial charge is 0.342 e. The van der Waals surface area contributed by atoms with Crippen LogP contribution in [-0.4, -0.2) is 27.6 Å². The molecule has 0 radical (unpaired) electrons. The predicted octanol–water partition coefficient (Wildman–Crippen LogP) is 3.36. The summed E-state index contributed by atoms with van der Waals surface area (Å²) in [4.78, 5) is 21.2. The maximum absolute atomic E-state index is 12.7. The Hall–Kier alpha value is -2.95. The molecular weight excluding hydrogens is 396 g/mol. The van der Waals surface area contributed by atoms with Crippen molar-refractivity contribution in [3.05, 3.63) is 60.3 Å². The van der Waals surface area contributed by atoms with Gasteiger partial charge in [0.1, 0.15) is 0 Å². The zero-order valence-electron chi connectivity index (χ0n) is 13.9. The van der Waals surface area contributed by atoms with E-state index in [4.69, 9.17) is 11.2 Å². The number of terminal acetylenes is 1. The predicted molar refractivity (Wildman–Crippen MR) is 105 cm³/mol. The number of carbonyl (C=O) groups is 1. The van der Waals surface area contributed by atoms with Crippen LogP contribution in [0.15, 0.2) is 54.7 Å². The van der Waals surface area contributed by atoms with E-state index in [1.807, 2.05) is 24.3 Å². The van der Waals surface area contributed by atoms with E-state index in [1.54, 1.807) is 30.5 Å². The van der Waals surface area contributed by atoms with E-state index in [2.05, 4.69) is 42.5 Å². The molecule has 0 spiro atoms. The number of benzene rings is 2. The van der Waals surface area contributed by atoms with Gasteiger partial charge in [-0.3, -0.25) is 10.1 Å². The van der Waals surface area contributed by atoms with Crippen molar-refractivity contribution < 1.29 is 9.53 Å². The van der Waals surface area contributed by atoms with Gasteiger partial charge < -0.3 is 10.1 Å². The fourth-order valence-electron chi connectivity index (χ4n) is 2.29. The molecule has 1 aromatic heterocycles. The topological polar surface area (TPSA) is 76.1 Å². The summed E-state index contributed by atoms with van der Waals surface area (Å²) in [7, 11) is 1.40. The number of amides is 1. The number of hydrogen-bond acceptors (Lipinski definition) is 5. The molecule has 1 unspecified atom stereocenters. The third-order valence-corrected chi connectivity index (χ3v) is 4.50. The molecule has 2 aromatic carbocycles. The van der Waals surface area contributed by atoms with Crippen LogP contribution in [0.3, 0.4) is 0 Å². The van der Waals surface area contributed by atoms with E-state index < -0.39 is 10.5 Å². The van der Waals surface area contributed by atoms with Crippen LogP contribution < -0.4 is 10.6 Å². The minimum absolute atomic E-state index is 0.175. The van der Waals surface area contributed by atoms with Gasteiger partial charge in [0.15, 0.2) is 0 Å². The Bertz CT molecular complexity index is 1000. The first-order chi connectivity index (χ1) is 12.5. The van der Waals surface area contributed by atoms with E-state index in [1.165, 1.54) is 7.11 Å². The molecule has 0 aliphatic heterocycles. The molecule has 0 fully saturated rings. The van der Waals surface area contributed by atoms with Gasteiger partial charge in [-0.1, -0.05) is 30.2 Å². The molecule has 6 nitrogen and oxygen atoms in total. The number of aromatic nitrogens is 2. The van der Waals surface area contributed by atoms with Gasteiger partial charge >= 0.3 is 0 Å². The van der Waals surface area contributed by atoms with Gasteiger partial charge in [0.25, 0.3) is 10.5 Å². The van der Waals surface area contributed by atoms with Gasteiger partial charge in [-0.2, -0.15) is 0 Å². The standard InChI is InChI=1S/C19H15BrN4O2/c1-3-13-7-6-9-15(11-13)24-19(20,26-2)17(25)23-18-21-12-14-8-4-5-10-16(14)22-18/h1,4-12,24H,2H3,(H,21,22,23,25). The van der Waals surface area contributed by atoms with Gasteiger partial charge in [-0.05, 0) is 40.2 Å². The van der Waals surface area contributed by atoms with E-state index in [9.17, 15) is 4.79 Å². The van der Waals surface area contributed by atoms with Gasteiger partial charge in [0.05, 0.1) is 5.52 Å². The number of nitrogens with zero attached hydrogens (tertiary/aromatic N) is 2. The normalized spacial score (nSPS) is 12.8. The minimum Gasteiger partial charge on any atom is -0.342 e. The number of methoxy groups -OCH3 is 1. The number of nitrogens with one attached hydrogen (secondary N) is 2. The number of hydrogen-bond donors (Lipinski definition) is 2. The number of ether oxygens (including phenoxy) is 1. The van der Waals surface area contributed by atoms with Crippen LogP contribution in [0.4, 0.5) is 11.6 Å². The number of anilines is 2. The number of alkyl halides is 1. The van der Waals surface area contributed by atoms with Crippen LogP contribution in [0.1, 0.15) is 5.56 Å². The third-order valence-electron chi connectivity index (χ3n) is 3.62. The number of carbonyl (C=O) groups excluding carboxylic acids is 1. The lowest BCUT2D eigenvalue weighted by Gasteiger charge is -2.26. The lowest BCUT2D eigenvalue weighted by molar-refractivity contribution is -0.126. The Morgan fingerprint density at radius 3 is 2.85 bits per heavy atom. The smallest absolute Gasteiger partial charge is 0.291 e. The molecule has 1 atom stereocenters. The molecule has 0 bridgehead atoms. The Kier molecular flexibility index (Phi) is 5.16. The third kappa shape index (κ3) is 3.82. The molecule has 3 rings (SSSR count). The van der Waals surface area contributed by atoms with Crippen LogP contribution in [-0.2, 0) is 9.53 Å². The summed E-state index contributed by atoms with van der Waals surface area (Å²) in [6.45, 7) is 0. The number of rotatable bonds is 5. The Morgan fingerprint density at radius 1 is 1.27 bits per heavy atom. The van der Waals surface area contributed by atoms with Crippen molar-refractivity contribution in [3.63, 3.8) is 0 Å². The lowest BCUT2D eigenvalue weighted by atomic mass is 10.2. The molecule has 1 heterocycles. The molecule has 0 saturated heterocycles. The van der Waals surface area contributed by atoms with Crippen molar-refractivity contribution in [1.82, 2.24) is 9.97 Å². The average molecular weight is 411 g/mol. The molecule has 1 amide bonds. The first kappa shape index (κ1) is 17.9. The summed E-state index contributed by atoms with van der Waals surface area (Å²) < 4.78 is 3.80. The van der Waals surface area contributed by atoms with Gasteiger partial charge in [-0.25, -0.2) is 9.97 Å². The summed E-state index contributed by atoms with van der Waals surface area (Å²) >= 11 is 3.29. The Balaban J connectivity index is 1.81. The monoisotopic (exact) mass is 410 g/mol.